The van der Waals surface area contributed by atoms with Gasteiger partial charge >= 0.3 is 0 Å². The number of fused-ring (bicyclic) bond motifs is 1. The van der Waals surface area contributed by atoms with Crippen LogP contribution in [0.15, 0.2) is 17.5 Å². The molecule has 0 radical (unpaired) electrons. The summed E-state index contributed by atoms with van der Waals surface area (Å²) in [4.78, 5) is 44.4. The van der Waals surface area contributed by atoms with Crippen LogP contribution < -0.4 is 10.6 Å². The molecule has 0 bridgehead atoms. The second-order valence-electron chi connectivity index (χ2n) is 8.22. The zero-order chi connectivity index (χ0) is 20.4. The second-order valence-corrected chi connectivity index (χ2v) is 9.17. The van der Waals surface area contributed by atoms with Gasteiger partial charge < -0.3 is 20.4 Å². The van der Waals surface area contributed by atoms with Crippen molar-refractivity contribution in [2.75, 3.05) is 46.3 Å². The van der Waals surface area contributed by atoms with Gasteiger partial charge in [0.15, 0.2) is 0 Å². The van der Waals surface area contributed by atoms with Gasteiger partial charge in [-0.1, -0.05) is 6.07 Å². The zero-order valence-electron chi connectivity index (χ0n) is 16.8. The highest BCUT2D eigenvalue weighted by Gasteiger charge is 2.44. The lowest BCUT2D eigenvalue weighted by molar-refractivity contribution is -0.133. The lowest BCUT2D eigenvalue weighted by Crippen LogP contribution is -2.58. The molecular weight excluding hydrogens is 390 g/mol. The number of likely N-dealkylation sites (N-methyl/N-ethyl adjacent to an activating group) is 1. The number of hydrogen-bond donors (Lipinski definition) is 2. The number of thiophene rings is 1. The van der Waals surface area contributed by atoms with E-state index in [1.165, 1.54) is 11.3 Å². The van der Waals surface area contributed by atoms with Crippen molar-refractivity contribution in [3.8, 4) is 0 Å². The lowest BCUT2D eigenvalue weighted by Gasteiger charge is -2.38. The molecule has 0 saturated carbocycles. The fraction of sp³-hybridized carbons (Fsp3) is 0.650. The predicted octanol–water partition coefficient (Wildman–Crippen LogP) is -0.0266. The van der Waals surface area contributed by atoms with E-state index in [2.05, 4.69) is 27.5 Å². The molecule has 3 fully saturated rings. The first kappa shape index (κ1) is 20.3. The van der Waals surface area contributed by atoms with Crippen molar-refractivity contribution in [1.29, 1.82) is 0 Å². The summed E-state index contributed by atoms with van der Waals surface area (Å²) in [6, 6.07) is 3.54. The molecule has 4 heterocycles. The summed E-state index contributed by atoms with van der Waals surface area (Å²) in [7, 11) is 2.08. The molecule has 1 aromatic rings. The Balaban J connectivity index is 1.31. The molecule has 0 spiro atoms. The van der Waals surface area contributed by atoms with Crippen molar-refractivity contribution in [2.45, 2.75) is 37.4 Å². The normalized spacial score (nSPS) is 28.1. The van der Waals surface area contributed by atoms with Crippen LogP contribution in [0.3, 0.4) is 0 Å². The molecule has 4 rings (SSSR count). The molecule has 8 nitrogen and oxygen atoms in total. The molecule has 2 N–H and O–H groups in total. The summed E-state index contributed by atoms with van der Waals surface area (Å²) in [5.74, 6) is 0.153. The third-order valence-corrected chi connectivity index (χ3v) is 7.12. The van der Waals surface area contributed by atoms with Crippen LogP contribution in [0.4, 0.5) is 0 Å². The van der Waals surface area contributed by atoms with Crippen LogP contribution in [-0.2, 0) is 9.59 Å². The lowest BCUT2D eigenvalue weighted by atomic mass is 10.0. The fourth-order valence-corrected chi connectivity index (χ4v) is 5.14. The van der Waals surface area contributed by atoms with Crippen LogP contribution in [0.2, 0.25) is 0 Å². The Morgan fingerprint density at radius 1 is 1.28 bits per heavy atom. The van der Waals surface area contributed by atoms with Gasteiger partial charge in [0.1, 0.15) is 0 Å². The van der Waals surface area contributed by atoms with E-state index < -0.39 is 0 Å². The molecule has 3 atom stereocenters. The van der Waals surface area contributed by atoms with Crippen molar-refractivity contribution < 1.29 is 14.4 Å². The van der Waals surface area contributed by atoms with E-state index in [0.29, 0.717) is 30.8 Å². The van der Waals surface area contributed by atoms with Crippen LogP contribution in [0.5, 0.6) is 0 Å². The number of carbonyl (C=O) groups excluding carboxylic acids is 3. The molecule has 0 aromatic carbocycles. The smallest absolute Gasteiger partial charge is 0.261 e. The molecule has 1 aromatic heterocycles. The first-order valence-electron chi connectivity index (χ1n) is 10.4. The summed E-state index contributed by atoms with van der Waals surface area (Å²) >= 11 is 1.42. The van der Waals surface area contributed by atoms with Crippen LogP contribution in [0, 0.1) is 0 Å². The van der Waals surface area contributed by atoms with Crippen LogP contribution in [-0.4, -0.2) is 96.9 Å². The van der Waals surface area contributed by atoms with E-state index >= 15 is 0 Å². The molecule has 3 aliphatic rings. The molecule has 158 valence electrons. The molecule has 29 heavy (non-hydrogen) atoms. The Morgan fingerprint density at radius 3 is 2.79 bits per heavy atom. The minimum absolute atomic E-state index is 0.0273. The zero-order valence-corrected chi connectivity index (χ0v) is 17.6. The maximum Gasteiger partial charge on any atom is 0.261 e. The molecule has 3 unspecified atom stereocenters. The predicted molar refractivity (Wildman–Crippen MR) is 111 cm³/mol. The summed E-state index contributed by atoms with van der Waals surface area (Å²) in [5.41, 5.74) is 0. The van der Waals surface area contributed by atoms with Crippen LogP contribution >= 0.6 is 11.3 Å². The average molecular weight is 420 g/mol. The Labute approximate surface area is 175 Å². The van der Waals surface area contributed by atoms with Gasteiger partial charge in [0.25, 0.3) is 5.91 Å². The SMILES string of the molecule is CN1CCN(C(=O)CCC2CNC(=O)C3CC(NC(=O)c4cccs4)CN23)CC1. The quantitative estimate of drug-likeness (QED) is 0.700. The average Bonchev–Trinajstić information content (AvgIpc) is 3.38. The van der Waals surface area contributed by atoms with Gasteiger partial charge in [-0.3, -0.25) is 19.3 Å². The fourth-order valence-electron chi connectivity index (χ4n) is 4.52. The molecule has 3 aliphatic heterocycles. The Hall–Kier alpha value is -1.97. The van der Waals surface area contributed by atoms with Gasteiger partial charge in [-0.05, 0) is 31.3 Å². The van der Waals surface area contributed by atoms with Gasteiger partial charge in [0.2, 0.25) is 11.8 Å². The van der Waals surface area contributed by atoms with Crippen molar-refractivity contribution in [2.24, 2.45) is 0 Å². The van der Waals surface area contributed by atoms with Crippen molar-refractivity contribution in [3.05, 3.63) is 22.4 Å². The number of rotatable bonds is 5. The van der Waals surface area contributed by atoms with E-state index in [4.69, 9.17) is 0 Å². The molecule has 3 amide bonds. The summed E-state index contributed by atoms with van der Waals surface area (Å²) in [6.45, 7) is 4.65. The van der Waals surface area contributed by atoms with E-state index in [1.807, 2.05) is 22.4 Å². The minimum atomic E-state index is -0.221. The Morgan fingerprint density at radius 2 is 2.07 bits per heavy atom. The summed E-state index contributed by atoms with van der Waals surface area (Å²) in [6.07, 6.45) is 1.85. The third-order valence-electron chi connectivity index (χ3n) is 6.25. The van der Waals surface area contributed by atoms with E-state index in [1.54, 1.807) is 0 Å². The number of piperazine rings is 2. The first-order valence-corrected chi connectivity index (χ1v) is 11.2. The van der Waals surface area contributed by atoms with Gasteiger partial charge in [-0.2, -0.15) is 0 Å². The maximum atomic E-state index is 12.6. The van der Waals surface area contributed by atoms with Crippen LogP contribution in [0.1, 0.15) is 28.9 Å². The number of carbonyl (C=O) groups is 3. The summed E-state index contributed by atoms with van der Waals surface area (Å²) in [5, 5.41) is 7.94. The van der Waals surface area contributed by atoms with Crippen molar-refractivity contribution in [1.82, 2.24) is 25.3 Å². The number of hydrogen-bond acceptors (Lipinski definition) is 6. The molecule has 0 aliphatic carbocycles. The van der Waals surface area contributed by atoms with E-state index in [-0.39, 0.29) is 35.8 Å². The molecule has 3 saturated heterocycles. The Bertz CT molecular complexity index is 747. The van der Waals surface area contributed by atoms with Crippen LogP contribution in [0.25, 0.3) is 0 Å². The van der Waals surface area contributed by atoms with Crippen molar-refractivity contribution >= 4 is 29.1 Å². The van der Waals surface area contributed by atoms with E-state index in [9.17, 15) is 14.4 Å². The highest BCUT2D eigenvalue weighted by molar-refractivity contribution is 7.12. The summed E-state index contributed by atoms with van der Waals surface area (Å²) < 4.78 is 0. The number of nitrogens with zero attached hydrogens (tertiary/aromatic N) is 3. The van der Waals surface area contributed by atoms with Gasteiger partial charge in [0, 0.05) is 57.8 Å². The Kier molecular flexibility index (Phi) is 6.17. The standard InChI is InChI=1S/C20H29N5O3S/c1-23-6-8-24(9-7-23)18(26)5-4-15-12-21-19(27)16-11-14(13-25(15)16)22-20(28)17-3-2-10-29-17/h2-3,10,14-16H,4-9,11-13H2,1H3,(H,21,27)(H,22,28). The largest absolute Gasteiger partial charge is 0.353 e. The molecular formula is C20H29N5O3S. The van der Waals surface area contributed by atoms with Crippen molar-refractivity contribution in [3.63, 3.8) is 0 Å². The van der Waals surface area contributed by atoms with E-state index in [0.717, 1.165) is 32.6 Å². The monoisotopic (exact) mass is 419 g/mol. The number of amides is 3. The second kappa shape index (κ2) is 8.81. The maximum absolute atomic E-state index is 12.6. The number of nitrogens with one attached hydrogen (secondary N) is 2. The van der Waals surface area contributed by atoms with Gasteiger partial charge in [-0.15, -0.1) is 11.3 Å². The van der Waals surface area contributed by atoms with Gasteiger partial charge in [-0.25, -0.2) is 0 Å². The first-order chi connectivity index (χ1) is 14.0. The highest BCUT2D eigenvalue weighted by atomic mass is 32.1. The third kappa shape index (κ3) is 4.62. The molecule has 9 heteroatoms. The minimum Gasteiger partial charge on any atom is -0.353 e. The highest BCUT2D eigenvalue weighted by Crippen LogP contribution is 2.26. The topological polar surface area (TPSA) is 85.0 Å². The van der Waals surface area contributed by atoms with Gasteiger partial charge in [0.05, 0.1) is 10.9 Å².